The first-order chi connectivity index (χ1) is 15.0. The predicted molar refractivity (Wildman–Crippen MR) is 126 cm³/mol. The number of halogens is 1. The van der Waals surface area contributed by atoms with Gasteiger partial charge in [0.2, 0.25) is 0 Å². The van der Waals surface area contributed by atoms with Crippen molar-refractivity contribution in [3.05, 3.63) is 63.8 Å². The number of hydrogen-bond acceptors (Lipinski definition) is 5. The normalized spacial score (nSPS) is 19.7. The fourth-order valence-electron chi connectivity index (χ4n) is 3.61. The lowest BCUT2D eigenvalue weighted by atomic mass is 10.1. The van der Waals surface area contributed by atoms with Crippen molar-refractivity contribution in [3.63, 3.8) is 0 Å². The average molecular weight is 503 g/mol. The van der Waals surface area contributed by atoms with Crippen molar-refractivity contribution < 1.29 is 19.0 Å². The highest BCUT2D eigenvalue weighted by molar-refractivity contribution is 9.10. The maximum atomic E-state index is 12.9. The number of benzene rings is 2. The van der Waals surface area contributed by atoms with Crippen molar-refractivity contribution in [1.29, 1.82) is 0 Å². The first kappa shape index (κ1) is 21.8. The van der Waals surface area contributed by atoms with E-state index in [1.54, 1.807) is 18.1 Å². The second-order valence-electron chi connectivity index (χ2n) is 7.33. The van der Waals surface area contributed by atoms with Crippen molar-refractivity contribution in [1.82, 2.24) is 10.2 Å². The Morgan fingerprint density at radius 3 is 2.87 bits per heavy atom. The van der Waals surface area contributed by atoms with Crippen molar-refractivity contribution in [2.45, 2.75) is 25.6 Å². The molecule has 0 aromatic heterocycles. The number of rotatable bonds is 7. The molecule has 1 unspecified atom stereocenters. The van der Waals surface area contributed by atoms with Crippen molar-refractivity contribution in [2.24, 2.45) is 0 Å². The highest BCUT2D eigenvalue weighted by atomic mass is 79.9. The summed E-state index contributed by atoms with van der Waals surface area (Å²) in [4.78, 5) is 14.4. The van der Waals surface area contributed by atoms with Crippen LogP contribution in [-0.2, 0) is 16.1 Å². The Kier molecular flexibility index (Phi) is 6.89. The lowest BCUT2D eigenvalue weighted by Crippen LogP contribution is -2.37. The largest absolute Gasteiger partial charge is 0.496 e. The molecule has 0 saturated carbocycles. The maximum Gasteiger partial charge on any atom is 0.276 e. The van der Waals surface area contributed by atoms with Crippen LogP contribution in [0, 0.1) is 0 Å². The standard InChI is InChI=1S/C23H23BrN2O4S/c1-28-20-9-8-15(11-16(20)14-30-21-7-3-2-6-18(21)24)12-19-22(27)26(23(31)25-19)13-17-5-4-10-29-17/h2-3,6-9,11-12,17H,4-5,10,13-14H2,1H3,(H,25,31)/b19-12+. The third-order valence-electron chi connectivity index (χ3n) is 5.21. The average Bonchev–Trinajstić information content (AvgIpc) is 3.37. The van der Waals surface area contributed by atoms with Crippen LogP contribution in [0.5, 0.6) is 11.5 Å². The van der Waals surface area contributed by atoms with Gasteiger partial charge in [0.25, 0.3) is 5.91 Å². The molecule has 0 radical (unpaired) electrons. The number of carbonyl (C=O) groups excluding carboxylic acids is 1. The van der Waals surface area contributed by atoms with Gasteiger partial charge in [0, 0.05) is 12.2 Å². The molecular formula is C23H23BrN2O4S. The van der Waals surface area contributed by atoms with Gasteiger partial charge in [0.1, 0.15) is 23.8 Å². The molecule has 31 heavy (non-hydrogen) atoms. The van der Waals surface area contributed by atoms with E-state index in [0.717, 1.165) is 46.5 Å². The molecule has 2 aromatic carbocycles. The van der Waals surface area contributed by atoms with E-state index in [1.165, 1.54) is 0 Å². The number of methoxy groups -OCH3 is 1. The van der Waals surface area contributed by atoms with E-state index < -0.39 is 0 Å². The molecule has 4 rings (SSSR count). The van der Waals surface area contributed by atoms with Gasteiger partial charge in [-0.25, -0.2) is 0 Å². The number of ether oxygens (including phenoxy) is 3. The number of hydrogen-bond donors (Lipinski definition) is 1. The number of carbonyl (C=O) groups is 1. The molecule has 2 fully saturated rings. The second-order valence-corrected chi connectivity index (χ2v) is 8.57. The van der Waals surface area contributed by atoms with Crippen LogP contribution in [0.2, 0.25) is 0 Å². The zero-order valence-electron chi connectivity index (χ0n) is 17.1. The Labute approximate surface area is 195 Å². The van der Waals surface area contributed by atoms with Gasteiger partial charge in [-0.1, -0.05) is 18.2 Å². The van der Waals surface area contributed by atoms with Crippen LogP contribution < -0.4 is 14.8 Å². The lowest BCUT2D eigenvalue weighted by molar-refractivity contribution is -0.123. The summed E-state index contributed by atoms with van der Waals surface area (Å²) >= 11 is 8.86. The van der Waals surface area contributed by atoms with Gasteiger partial charge >= 0.3 is 0 Å². The zero-order valence-corrected chi connectivity index (χ0v) is 19.5. The van der Waals surface area contributed by atoms with Gasteiger partial charge in [-0.2, -0.15) is 0 Å². The number of para-hydroxylation sites is 1. The monoisotopic (exact) mass is 502 g/mol. The van der Waals surface area contributed by atoms with Crippen molar-refractivity contribution >= 4 is 45.2 Å². The van der Waals surface area contributed by atoms with Gasteiger partial charge in [-0.3, -0.25) is 9.69 Å². The molecule has 6 nitrogen and oxygen atoms in total. The molecule has 0 aliphatic carbocycles. The Hall–Kier alpha value is -2.42. The summed E-state index contributed by atoms with van der Waals surface area (Å²) in [6.07, 6.45) is 3.81. The van der Waals surface area contributed by atoms with Crippen LogP contribution in [0.4, 0.5) is 0 Å². The summed E-state index contributed by atoms with van der Waals surface area (Å²) in [6.45, 7) is 1.55. The third kappa shape index (κ3) is 5.08. The van der Waals surface area contributed by atoms with Gasteiger partial charge in [-0.15, -0.1) is 0 Å². The van der Waals surface area contributed by atoms with Crippen molar-refractivity contribution in [3.8, 4) is 11.5 Å². The highest BCUT2D eigenvalue weighted by Gasteiger charge is 2.33. The molecule has 2 saturated heterocycles. The summed E-state index contributed by atoms with van der Waals surface area (Å²) in [5.74, 6) is 1.33. The van der Waals surface area contributed by atoms with E-state index in [0.29, 0.717) is 24.0 Å². The molecule has 162 valence electrons. The molecular weight excluding hydrogens is 480 g/mol. The minimum atomic E-state index is -0.137. The number of nitrogens with one attached hydrogen (secondary N) is 1. The lowest BCUT2D eigenvalue weighted by Gasteiger charge is -2.18. The molecule has 2 aromatic rings. The Balaban J connectivity index is 1.50. The smallest absolute Gasteiger partial charge is 0.276 e. The summed E-state index contributed by atoms with van der Waals surface area (Å²) in [7, 11) is 1.62. The number of nitrogens with zero attached hydrogens (tertiary/aromatic N) is 1. The van der Waals surface area contributed by atoms with Crippen LogP contribution in [0.1, 0.15) is 24.0 Å². The molecule has 1 amide bonds. The fraction of sp³-hybridized carbons (Fsp3) is 0.304. The maximum absolute atomic E-state index is 12.9. The Morgan fingerprint density at radius 1 is 1.29 bits per heavy atom. The van der Waals surface area contributed by atoms with E-state index in [4.69, 9.17) is 26.4 Å². The van der Waals surface area contributed by atoms with Crippen LogP contribution in [0.15, 0.2) is 52.6 Å². The number of thiocarbonyl (C=S) groups is 1. The highest BCUT2D eigenvalue weighted by Crippen LogP contribution is 2.28. The third-order valence-corrected chi connectivity index (χ3v) is 6.19. The Morgan fingerprint density at radius 2 is 2.13 bits per heavy atom. The van der Waals surface area contributed by atoms with Gasteiger partial charge < -0.3 is 19.5 Å². The summed E-state index contributed by atoms with van der Waals surface area (Å²) in [6, 6.07) is 13.4. The first-order valence-corrected chi connectivity index (χ1v) is 11.3. The molecule has 2 aliphatic rings. The fourth-order valence-corrected chi connectivity index (χ4v) is 4.28. The van der Waals surface area contributed by atoms with Gasteiger partial charge in [0.05, 0.1) is 24.2 Å². The van der Waals surface area contributed by atoms with Crippen molar-refractivity contribution in [2.75, 3.05) is 20.3 Å². The topological polar surface area (TPSA) is 60.0 Å². The molecule has 1 N–H and O–H groups in total. The molecule has 0 bridgehead atoms. The molecule has 2 heterocycles. The first-order valence-electron chi connectivity index (χ1n) is 10.1. The van der Waals surface area contributed by atoms with Gasteiger partial charge in [0.15, 0.2) is 5.11 Å². The zero-order chi connectivity index (χ0) is 21.8. The Bertz CT molecular complexity index is 1020. The number of amides is 1. The van der Waals surface area contributed by atoms with Crippen LogP contribution in [0.25, 0.3) is 6.08 Å². The summed E-state index contributed by atoms with van der Waals surface area (Å²) in [5.41, 5.74) is 2.17. The van der Waals surface area contributed by atoms with Crippen LogP contribution >= 0.6 is 28.1 Å². The van der Waals surface area contributed by atoms with Crippen LogP contribution in [0.3, 0.4) is 0 Å². The second kappa shape index (κ2) is 9.80. The van der Waals surface area contributed by atoms with E-state index in [2.05, 4.69) is 21.2 Å². The molecule has 2 aliphatic heterocycles. The minimum Gasteiger partial charge on any atom is -0.496 e. The SMILES string of the molecule is COc1ccc(/C=C2/NC(=S)N(CC3CCCO3)C2=O)cc1COc1ccccc1Br. The molecule has 1 atom stereocenters. The predicted octanol–water partition coefficient (Wildman–Crippen LogP) is 4.27. The van der Waals surface area contributed by atoms with E-state index in [-0.39, 0.29) is 12.0 Å². The quantitative estimate of drug-likeness (QED) is 0.450. The summed E-state index contributed by atoms with van der Waals surface area (Å²) < 4.78 is 18.0. The molecule has 8 heteroatoms. The molecule has 0 spiro atoms. The van der Waals surface area contributed by atoms with Crippen LogP contribution in [-0.4, -0.2) is 42.3 Å². The van der Waals surface area contributed by atoms with Gasteiger partial charge in [-0.05, 0) is 76.9 Å². The van der Waals surface area contributed by atoms with E-state index in [1.807, 2.05) is 42.5 Å². The van der Waals surface area contributed by atoms with E-state index >= 15 is 0 Å². The van der Waals surface area contributed by atoms with E-state index in [9.17, 15) is 4.79 Å². The summed E-state index contributed by atoms with van der Waals surface area (Å²) in [5, 5.41) is 3.45. The minimum absolute atomic E-state index is 0.0464.